The van der Waals surface area contributed by atoms with E-state index < -0.39 is 0 Å². The molecule has 0 saturated heterocycles. The van der Waals surface area contributed by atoms with E-state index in [0.717, 1.165) is 32.4 Å². The minimum Gasteiger partial charge on any atom is -0.264 e. The highest BCUT2D eigenvalue weighted by molar-refractivity contribution is 7.27. The highest BCUT2D eigenvalue weighted by atomic mass is 32.1. The second-order valence-corrected chi connectivity index (χ2v) is 30.6. The number of nitrogens with zero attached hydrogens (tertiary/aromatic N) is 8. The predicted octanol–water partition coefficient (Wildman–Crippen LogP) is 24.5. The van der Waals surface area contributed by atoms with Crippen LogP contribution in [-0.2, 0) is 28.2 Å². The van der Waals surface area contributed by atoms with Crippen molar-refractivity contribution in [2.45, 2.75) is 64.3 Å². The molecular weight excluding hydrogens is 1360 g/mol. The van der Waals surface area contributed by atoms with E-state index in [1.165, 1.54) is 165 Å². The molecule has 0 bridgehead atoms. The first kappa shape index (κ1) is 72.2. The highest BCUT2D eigenvalue weighted by Gasteiger charge is 2.26. The maximum atomic E-state index is 4.97. The Morgan fingerprint density at radius 1 is 0.286 bits per heavy atom. The molecule has 0 spiro atoms. The molecule has 0 saturated carbocycles. The summed E-state index contributed by atoms with van der Waals surface area (Å²) in [5, 5.41) is 13.7. The lowest BCUT2D eigenvalue weighted by molar-refractivity contribution is -0.659. The Kier molecular flexibility index (Phi) is 20.3. The normalized spacial score (nSPS) is 11.2. The van der Waals surface area contributed by atoms with Gasteiger partial charge in [0.2, 0.25) is 22.8 Å². The zero-order valence-corrected chi connectivity index (χ0v) is 60.8. The quantitative estimate of drug-likeness (QED) is 0.165. The third kappa shape index (κ3) is 13.0. The standard InChI is InChI=1S/C23H19N2S.3C22H17N2S.4CH4/c1-14-8-9-17(15(2)12-14)22-23-18(10-11-25(22)3)21-20(26-23)13-16-6-4-5-7-19(16)24-21;1-14-7-3-5-9-16(14)20-21-17(11-12-24(20)2)18-13-15-8-4-6-10-19(15)23-22(18)25-21;1-14-7-3-5-9-16(14)21-22-17(11-12-24(21)2)20-19(25-22)13-15-8-4-6-10-18(15)23-20;1-14-5-3-4-6-17(14)21-22-18(8-10-24(21)2)19-11-16-13-23-9-7-15(16)12-20(19)25-22;;;;/h4-13H,1-3H3;3*3-13H,1-2H3;4*1H4/q4*+1;;;;. The van der Waals surface area contributed by atoms with Gasteiger partial charge in [-0.3, -0.25) is 4.98 Å². The Hall–Kier alpha value is -11.1. The average Bonchev–Trinajstić information content (AvgIpc) is 1.63. The molecule has 0 atom stereocenters. The van der Waals surface area contributed by atoms with Gasteiger partial charge in [0.1, 0.15) is 51.8 Å². The lowest BCUT2D eigenvalue weighted by atomic mass is 10.0. The van der Waals surface area contributed by atoms with Crippen molar-refractivity contribution in [1.82, 2.24) is 19.9 Å². The van der Waals surface area contributed by atoms with Crippen LogP contribution in [0.15, 0.2) is 262 Å². The highest BCUT2D eigenvalue weighted by Crippen LogP contribution is 2.44. The Morgan fingerprint density at radius 2 is 0.657 bits per heavy atom. The van der Waals surface area contributed by atoms with E-state index in [1.54, 1.807) is 11.3 Å². The van der Waals surface area contributed by atoms with Gasteiger partial charge in [0.25, 0.3) is 0 Å². The van der Waals surface area contributed by atoms with Crippen molar-refractivity contribution in [3.05, 3.63) is 289 Å². The van der Waals surface area contributed by atoms with Gasteiger partial charge in [-0.25, -0.2) is 15.0 Å². The lowest BCUT2D eigenvalue weighted by Gasteiger charge is -2.06. The molecule has 0 N–H and O–H groups in total. The topological polar surface area (TPSA) is 67.1 Å². The van der Waals surface area contributed by atoms with Crippen LogP contribution in [0.25, 0.3) is 170 Å². The Labute approximate surface area is 630 Å². The minimum atomic E-state index is 0. The van der Waals surface area contributed by atoms with Crippen LogP contribution in [0.3, 0.4) is 0 Å². The van der Waals surface area contributed by atoms with E-state index in [0.29, 0.717) is 0 Å². The summed E-state index contributed by atoms with van der Waals surface area (Å²) >= 11 is 7.35. The van der Waals surface area contributed by atoms with Crippen LogP contribution < -0.4 is 18.3 Å². The van der Waals surface area contributed by atoms with Gasteiger partial charge in [-0.2, -0.15) is 18.3 Å². The van der Waals surface area contributed by atoms with Crippen molar-refractivity contribution in [2.24, 2.45) is 28.2 Å². The van der Waals surface area contributed by atoms with Crippen LogP contribution in [-0.4, -0.2) is 19.9 Å². The summed E-state index contributed by atoms with van der Waals surface area (Å²) in [6.45, 7) is 10.9. The smallest absolute Gasteiger partial charge is 0.230 e. The molecule has 0 radical (unpaired) electrons. The van der Waals surface area contributed by atoms with Crippen molar-refractivity contribution < 1.29 is 18.3 Å². The first-order valence-corrected chi connectivity index (χ1v) is 37.2. The van der Waals surface area contributed by atoms with Gasteiger partial charge in [-0.05, 0) is 141 Å². The van der Waals surface area contributed by atoms with E-state index in [2.05, 4.69) is 329 Å². The largest absolute Gasteiger partial charge is 0.264 e. The van der Waals surface area contributed by atoms with Gasteiger partial charge in [0.15, 0.2) is 24.8 Å². The summed E-state index contributed by atoms with van der Waals surface area (Å²) in [5.41, 5.74) is 22.1. The summed E-state index contributed by atoms with van der Waals surface area (Å²) in [7, 11) is 8.50. The molecule has 0 aliphatic carbocycles. The number of rotatable bonds is 4. The summed E-state index contributed by atoms with van der Waals surface area (Å²) in [4.78, 5) is 20.2. The molecule has 518 valence electrons. The fraction of sp³-hybridized carbons (Fsp3) is 0.140. The molecule has 0 amide bonds. The molecule has 105 heavy (non-hydrogen) atoms. The fourth-order valence-corrected chi connectivity index (χ4v) is 19.6. The third-order valence-electron chi connectivity index (χ3n) is 19.7. The van der Waals surface area contributed by atoms with Crippen LogP contribution in [0, 0.1) is 34.6 Å². The van der Waals surface area contributed by atoms with E-state index in [-0.39, 0.29) is 29.7 Å². The molecule has 12 aromatic heterocycles. The predicted molar refractivity (Wildman–Crippen MR) is 456 cm³/mol. The van der Waals surface area contributed by atoms with E-state index in [1.807, 2.05) is 52.5 Å². The fourth-order valence-electron chi connectivity index (χ4n) is 14.5. The Morgan fingerprint density at radius 3 is 1.13 bits per heavy atom. The zero-order valence-electron chi connectivity index (χ0n) is 57.5. The first-order valence-electron chi connectivity index (χ1n) is 33.9. The number of aromatic nitrogens is 8. The molecular formula is C93H86N8S4+4. The molecule has 0 aliphatic rings. The van der Waals surface area contributed by atoms with Crippen molar-refractivity contribution in [1.29, 1.82) is 0 Å². The summed E-state index contributed by atoms with van der Waals surface area (Å²) in [6, 6.07) is 79.8. The summed E-state index contributed by atoms with van der Waals surface area (Å²) < 4.78 is 18.0. The van der Waals surface area contributed by atoms with Crippen LogP contribution in [0.1, 0.15) is 57.5 Å². The molecule has 0 fully saturated rings. The van der Waals surface area contributed by atoms with Crippen molar-refractivity contribution in [3.63, 3.8) is 0 Å². The van der Waals surface area contributed by atoms with Gasteiger partial charge >= 0.3 is 0 Å². The van der Waals surface area contributed by atoms with Gasteiger partial charge in [0.05, 0.1) is 59.2 Å². The molecule has 0 unspecified atom stereocenters. The zero-order chi connectivity index (χ0) is 68.7. The third-order valence-corrected chi connectivity index (χ3v) is 24.3. The Bertz CT molecular complexity index is 6260. The molecule has 8 nitrogen and oxygen atoms in total. The van der Waals surface area contributed by atoms with Crippen molar-refractivity contribution in [2.75, 3.05) is 0 Å². The monoisotopic (exact) mass is 1440 g/mol. The van der Waals surface area contributed by atoms with Gasteiger partial charge in [-0.15, -0.1) is 45.3 Å². The molecule has 20 aromatic rings. The minimum absolute atomic E-state index is 0. The first-order chi connectivity index (χ1) is 49.3. The number of aryl methyl sites for hydroxylation is 9. The average molecular weight is 1440 g/mol. The Balaban J connectivity index is 0.000000123. The van der Waals surface area contributed by atoms with Crippen LogP contribution >= 0.6 is 45.3 Å². The molecule has 12 heteroatoms. The maximum Gasteiger partial charge on any atom is 0.230 e. The van der Waals surface area contributed by atoms with Gasteiger partial charge in [0, 0.05) is 95.2 Å². The molecule has 0 aliphatic heterocycles. The van der Waals surface area contributed by atoms with Crippen LogP contribution in [0.2, 0.25) is 0 Å². The molecule has 20 rings (SSSR count). The number of benzene rings is 8. The maximum absolute atomic E-state index is 4.97. The number of para-hydroxylation sites is 3. The van der Waals surface area contributed by atoms with Crippen LogP contribution in [0.4, 0.5) is 0 Å². The number of hydrogen-bond donors (Lipinski definition) is 0. The SMILES string of the molecule is C.C.C.C.Cc1ccc(-c2c3sc4cc5ccccc5nc4c3cc[n+]2C)c(C)c1.Cc1ccccc1-c1c2sc3cc4ccccc4nc3c2cc[n+]1C.Cc1ccccc1-c1c2sc3cc4ccncc4cc3c2cc[n+]1C.Cc1ccccc1-c1c2sc3nc4ccccc4cc3c2cc[n+]1C. The molecule has 8 aromatic carbocycles. The van der Waals surface area contributed by atoms with E-state index in [9.17, 15) is 0 Å². The van der Waals surface area contributed by atoms with Gasteiger partial charge in [-0.1, -0.05) is 157 Å². The van der Waals surface area contributed by atoms with E-state index in [4.69, 9.17) is 15.0 Å². The van der Waals surface area contributed by atoms with Gasteiger partial charge < -0.3 is 0 Å². The second kappa shape index (κ2) is 29.6. The van der Waals surface area contributed by atoms with Crippen LogP contribution in [0.5, 0.6) is 0 Å². The van der Waals surface area contributed by atoms with Crippen molar-refractivity contribution >= 4 is 170 Å². The number of thiophene rings is 4. The molecule has 12 heterocycles. The van der Waals surface area contributed by atoms with E-state index >= 15 is 0 Å². The second-order valence-electron chi connectivity index (χ2n) is 26.4. The number of pyridine rings is 8. The number of hydrogen-bond acceptors (Lipinski definition) is 8. The lowest BCUT2D eigenvalue weighted by Crippen LogP contribution is -2.30. The summed E-state index contributed by atoms with van der Waals surface area (Å²) in [6.07, 6.45) is 12.4. The summed E-state index contributed by atoms with van der Waals surface area (Å²) in [5.74, 6) is 0. The number of fused-ring (bicyclic) bond motifs is 16. The van der Waals surface area contributed by atoms with Crippen molar-refractivity contribution in [3.8, 4) is 45.0 Å².